The van der Waals surface area contributed by atoms with Gasteiger partial charge in [0.2, 0.25) is 0 Å². The number of alkyl halides is 1. The molecular weight excluding hydrogens is 456 g/mol. The van der Waals surface area contributed by atoms with E-state index in [0.29, 0.717) is 23.5 Å². The zero-order chi connectivity index (χ0) is 20.6. The molecule has 170 valence electrons. The molecule has 0 fully saturated rings. The van der Waals surface area contributed by atoms with Crippen molar-refractivity contribution in [1.29, 1.82) is 0 Å². The molecule has 0 amide bonds. The highest BCUT2D eigenvalue weighted by atomic mass is 79.9. The predicted octanol–water partition coefficient (Wildman–Crippen LogP) is 7.33. The van der Waals surface area contributed by atoms with Crippen molar-refractivity contribution < 1.29 is 19.4 Å². The molecule has 4 nitrogen and oxygen atoms in total. The van der Waals surface area contributed by atoms with Crippen LogP contribution < -0.4 is 4.74 Å². The van der Waals surface area contributed by atoms with Crippen LogP contribution in [0.4, 0.5) is 0 Å². The van der Waals surface area contributed by atoms with E-state index in [2.05, 4.69) is 15.9 Å². The van der Waals surface area contributed by atoms with Crippen LogP contribution in [-0.2, 0) is 0 Å². The van der Waals surface area contributed by atoms with Crippen molar-refractivity contribution in [3.8, 4) is 11.5 Å². The minimum absolute atomic E-state index is 0. The number of carbonyl (C=O) groups excluding carboxylic acids is 2. The Bertz CT molecular complexity index is 876. The number of hydrogen-bond donors (Lipinski definition) is 1. The van der Waals surface area contributed by atoms with Crippen LogP contribution in [0.25, 0.3) is 0 Å². The SMILES string of the molecule is C.C.O=C1c2ccccc2C(=O)c2c(OCCCCCCCCCCBr)ccc(O)c21. The molecule has 1 aliphatic carbocycles. The number of ketones is 2. The number of aromatic hydroxyl groups is 1. The van der Waals surface area contributed by atoms with Gasteiger partial charge >= 0.3 is 0 Å². The van der Waals surface area contributed by atoms with E-state index in [1.807, 2.05) is 0 Å². The quantitative estimate of drug-likeness (QED) is 0.225. The summed E-state index contributed by atoms with van der Waals surface area (Å²) in [6.07, 6.45) is 9.49. The highest BCUT2D eigenvalue weighted by Gasteiger charge is 2.34. The summed E-state index contributed by atoms with van der Waals surface area (Å²) in [5.74, 6) is -0.414. The van der Waals surface area contributed by atoms with Crippen molar-refractivity contribution in [3.63, 3.8) is 0 Å². The van der Waals surface area contributed by atoms with Crippen LogP contribution in [-0.4, -0.2) is 28.6 Å². The van der Waals surface area contributed by atoms with Crippen LogP contribution in [0.5, 0.6) is 11.5 Å². The van der Waals surface area contributed by atoms with E-state index in [0.717, 1.165) is 18.2 Å². The second-order valence-corrected chi connectivity index (χ2v) is 8.20. The predicted molar refractivity (Wildman–Crippen MR) is 131 cm³/mol. The number of halogens is 1. The van der Waals surface area contributed by atoms with Gasteiger partial charge in [0, 0.05) is 16.5 Å². The summed E-state index contributed by atoms with van der Waals surface area (Å²) in [4.78, 5) is 25.8. The number of unbranched alkanes of at least 4 members (excludes halogenated alkanes) is 7. The summed E-state index contributed by atoms with van der Waals surface area (Å²) < 4.78 is 5.86. The van der Waals surface area contributed by atoms with Gasteiger partial charge in [0.1, 0.15) is 11.5 Å². The molecule has 0 radical (unpaired) electrons. The van der Waals surface area contributed by atoms with Gasteiger partial charge in [-0.2, -0.15) is 0 Å². The molecule has 0 spiro atoms. The third kappa shape index (κ3) is 6.42. The summed E-state index contributed by atoms with van der Waals surface area (Å²) in [5, 5.41) is 11.3. The Balaban J connectivity index is 0.00000240. The largest absolute Gasteiger partial charge is 0.507 e. The smallest absolute Gasteiger partial charge is 0.198 e. The van der Waals surface area contributed by atoms with E-state index < -0.39 is 0 Å². The fourth-order valence-electron chi connectivity index (χ4n) is 3.74. The van der Waals surface area contributed by atoms with Gasteiger partial charge in [-0.05, 0) is 25.0 Å². The molecule has 1 N–H and O–H groups in total. The highest BCUT2D eigenvalue weighted by molar-refractivity contribution is 9.09. The Kier molecular flexibility index (Phi) is 11.5. The first kappa shape index (κ1) is 26.9. The fourth-order valence-corrected chi connectivity index (χ4v) is 4.13. The molecule has 5 heteroatoms. The normalized spacial score (nSPS) is 11.8. The van der Waals surface area contributed by atoms with Crippen LogP contribution in [0.3, 0.4) is 0 Å². The maximum Gasteiger partial charge on any atom is 0.198 e. The van der Waals surface area contributed by atoms with Crippen LogP contribution in [0.15, 0.2) is 36.4 Å². The van der Waals surface area contributed by atoms with Gasteiger partial charge in [-0.15, -0.1) is 0 Å². The second-order valence-electron chi connectivity index (χ2n) is 7.40. The molecule has 31 heavy (non-hydrogen) atoms. The molecule has 2 aromatic rings. The summed E-state index contributed by atoms with van der Waals surface area (Å²) in [6.45, 7) is 0.490. The Morgan fingerprint density at radius 3 is 1.81 bits per heavy atom. The van der Waals surface area contributed by atoms with Gasteiger partial charge in [0.15, 0.2) is 11.6 Å². The molecule has 3 rings (SSSR count). The Hall–Kier alpha value is -2.14. The highest BCUT2D eigenvalue weighted by Crippen LogP contribution is 2.38. The lowest BCUT2D eigenvalue weighted by molar-refractivity contribution is 0.0973. The molecular formula is C26H35BrO4. The topological polar surface area (TPSA) is 63.6 Å². The summed E-state index contributed by atoms with van der Waals surface area (Å²) >= 11 is 3.45. The second kappa shape index (κ2) is 13.3. The molecule has 0 bridgehead atoms. The van der Waals surface area contributed by atoms with Crippen LogP contribution in [0.2, 0.25) is 0 Å². The number of phenolic OH excluding ortho intramolecular Hbond substituents is 1. The third-order valence-corrected chi connectivity index (χ3v) is 5.86. The molecule has 2 aromatic carbocycles. The van der Waals surface area contributed by atoms with E-state index >= 15 is 0 Å². The Labute approximate surface area is 195 Å². The monoisotopic (exact) mass is 490 g/mol. The van der Waals surface area contributed by atoms with Gasteiger partial charge in [-0.1, -0.05) is 93.6 Å². The van der Waals surface area contributed by atoms with E-state index in [4.69, 9.17) is 4.74 Å². The molecule has 0 heterocycles. The van der Waals surface area contributed by atoms with Crippen molar-refractivity contribution in [2.45, 2.75) is 66.2 Å². The van der Waals surface area contributed by atoms with Crippen LogP contribution in [0, 0.1) is 0 Å². The Morgan fingerprint density at radius 2 is 1.23 bits per heavy atom. The average Bonchev–Trinajstić information content (AvgIpc) is 2.74. The van der Waals surface area contributed by atoms with Crippen molar-refractivity contribution in [2.24, 2.45) is 0 Å². The molecule has 0 aromatic heterocycles. The van der Waals surface area contributed by atoms with Crippen molar-refractivity contribution in [2.75, 3.05) is 11.9 Å². The number of fused-ring (bicyclic) bond motifs is 2. The standard InChI is InChI=1S/C24H27BrO4.2CH4/c25-15-9-5-3-1-2-4-6-10-16-29-20-14-13-19(26)21-22(20)24(28)18-12-8-7-11-17(18)23(21)27;;/h7-8,11-14,26H,1-6,9-10,15-16H2;2*1H4. The summed E-state index contributed by atoms with van der Waals surface area (Å²) in [7, 11) is 0. The van der Waals surface area contributed by atoms with Crippen molar-refractivity contribution in [1.82, 2.24) is 0 Å². The lowest BCUT2D eigenvalue weighted by Gasteiger charge is -2.21. The van der Waals surface area contributed by atoms with Gasteiger partial charge in [0.05, 0.1) is 17.7 Å². The van der Waals surface area contributed by atoms with E-state index in [1.54, 1.807) is 30.3 Å². The van der Waals surface area contributed by atoms with Gasteiger partial charge in [-0.3, -0.25) is 9.59 Å². The van der Waals surface area contributed by atoms with E-state index in [1.165, 1.54) is 44.6 Å². The maximum atomic E-state index is 13.0. The molecule has 0 saturated heterocycles. The van der Waals surface area contributed by atoms with E-state index in [9.17, 15) is 14.7 Å². The van der Waals surface area contributed by atoms with Crippen molar-refractivity contribution in [3.05, 3.63) is 58.7 Å². The van der Waals surface area contributed by atoms with Gasteiger partial charge in [-0.25, -0.2) is 0 Å². The molecule has 0 unspecified atom stereocenters. The number of rotatable bonds is 11. The fraction of sp³-hybridized carbons (Fsp3) is 0.462. The number of benzene rings is 2. The molecule has 0 aliphatic heterocycles. The third-order valence-electron chi connectivity index (χ3n) is 5.30. The van der Waals surface area contributed by atoms with Crippen LogP contribution in [0.1, 0.15) is 98.1 Å². The van der Waals surface area contributed by atoms with Crippen LogP contribution >= 0.6 is 15.9 Å². The maximum absolute atomic E-state index is 13.0. The minimum atomic E-state index is -0.335. The first-order valence-corrected chi connectivity index (χ1v) is 11.5. The van der Waals surface area contributed by atoms with E-state index in [-0.39, 0.29) is 43.3 Å². The lowest BCUT2D eigenvalue weighted by Crippen LogP contribution is -2.22. The number of carbonyl (C=O) groups is 2. The zero-order valence-electron chi connectivity index (χ0n) is 16.6. The molecule has 1 aliphatic rings. The number of ether oxygens (including phenoxy) is 1. The summed E-state index contributed by atoms with van der Waals surface area (Å²) in [5.41, 5.74) is 0.920. The lowest BCUT2D eigenvalue weighted by atomic mass is 9.83. The van der Waals surface area contributed by atoms with Gasteiger partial charge < -0.3 is 9.84 Å². The molecule has 0 saturated carbocycles. The Morgan fingerprint density at radius 1 is 0.710 bits per heavy atom. The summed E-state index contributed by atoms with van der Waals surface area (Å²) in [6, 6.07) is 9.72. The van der Waals surface area contributed by atoms with Crippen molar-refractivity contribution >= 4 is 27.5 Å². The zero-order valence-corrected chi connectivity index (χ0v) is 18.2. The minimum Gasteiger partial charge on any atom is -0.507 e. The van der Waals surface area contributed by atoms with Gasteiger partial charge in [0.25, 0.3) is 0 Å². The average molecular weight is 491 g/mol. The number of hydrogen-bond acceptors (Lipinski definition) is 4. The first-order chi connectivity index (χ1) is 14.1. The number of phenols is 1. The molecule has 0 atom stereocenters. The first-order valence-electron chi connectivity index (χ1n) is 10.4.